The van der Waals surface area contributed by atoms with Crippen LogP contribution in [0.2, 0.25) is 0 Å². The molecule has 264 valence electrons. The minimum absolute atomic E-state index is 0.0339. The molecule has 5 aromatic carbocycles. The number of pyridine rings is 1. The van der Waals surface area contributed by atoms with Gasteiger partial charge in [-0.3, -0.25) is 9.59 Å². The first-order valence-corrected chi connectivity index (χ1v) is 17.0. The van der Waals surface area contributed by atoms with Gasteiger partial charge in [-0.25, -0.2) is 14.2 Å². The minimum Gasteiger partial charge on any atom is -0.508 e. The number of carbonyl (C=O) groups is 3. The molecule has 0 aliphatic carbocycles. The Morgan fingerprint density at radius 2 is 1.55 bits per heavy atom. The maximum absolute atomic E-state index is 15.6. The lowest BCUT2D eigenvalue weighted by Gasteiger charge is -2.36. The molecule has 0 radical (unpaired) electrons. The van der Waals surface area contributed by atoms with E-state index in [1.54, 1.807) is 54.4 Å². The number of phenolic OH excluding ortho intramolecular Hbond substituents is 2. The van der Waals surface area contributed by atoms with Crippen LogP contribution in [0.25, 0.3) is 22.0 Å². The molecule has 1 aromatic heterocycles. The summed E-state index contributed by atoms with van der Waals surface area (Å²) < 4.78 is 27.7. The molecule has 8 rings (SSSR count). The van der Waals surface area contributed by atoms with Crippen LogP contribution < -0.4 is 10.1 Å². The highest BCUT2D eigenvalue weighted by Gasteiger charge is 2.53. The number of amides is 2. The van der Waals surface area contributed by atoms with Crippen LogP contribution >= 0.6 is 0 Å². The number of fused-ring (bicyclic) bond motifs is 7. The summed E-state index contributed by atoms with van der Waals surface area (Å²) in [6, 6.07) is 26.5. The molecule has 0 fully saturated rings. The van der Waals surface area contributed by atoms with Gasteiger partial charge in [0.15, 0.2) is 5.60 Å². The summed E-state index contributed by atoms with van der Waals surface area (Å²) >= 11 is 0. The Labute approximate surface area is 303 Å². The van der Waals surface area contributed by atoms with E-state index in [0.29, 0.717) is 27.5 Å². The average molecular weight is 710 g/mol. The number of benzene rings is 5. The normalized spacial score (nSPS) is 14.1. The summed E-state index contributed by atoms with van der Waals surface area (Å²) in [7, 11) is 1.71. The third-order valence-electron chi connectivity index (χ3n) is 10.0. The first-order valence-electron chi connectivity index (χ1n) is 17.0. The number of nitrogens with one attached hydrogen (secondary N) is 1. The predicted molar refractivity (Wildman–Crippen MR) is 195 cm³/mol. The first-order chi connectivity index (χ1) is 25.5. The second-order valence-corrected chi connectivity index (χ2v) is 13.2. The molecule has 1 unspecified atom stereocenters. The van der Waals surface area contributed by atoms with Gasteiger partial charge in [0.25, 0.3) is 11.8 Å². The van der Waals surface area contributed by atoms with Crippen molar-refractivity contribution in [3.63, 3.8) is 0 Å². The molecule has 2 amide bonds. The minimum atomic E-state index is -1.48. The summed E-state index contributed by atoms with van der Waals surface area (Å²) in [5, 5.41) is 24.5. The number of hydrogen-bond donors (Lipinski definition) is 3. The monoisotopic (exact) mass is 709 g/mol. The number of aromatic nitrogens is 1. The van der Waals surface area contributed by atoms with Gasteiger partial charge in [0, 0.05) is 64.1 Å². The predicted octanol–water partition coefficient (Wildman–Crippen LogP) is 8.14. The van der Waals surface area contributed by atoms with Gasteiger partial charge in [-0.05, 0) is 79.4 Å². The maximum Gasteiger partial charge on any atom is 0.340 e. The molecule has 2 aliphatic rings. The fraction of sp³-hybridized carbons (Fsp3) is 0.143. The third kappa shape index (κ3) is 5.40. The van der Waals surface area contributed by atoms with Crippen LogP contribution in [0, 0.1) is 5.82 Å². The lowest BCUT2D eigenvalue weighted by atomic mass is 9.77. The zero-order valence-electron chi connectivity index (χ0n) is 28.8. The molecule has 11 heteroatoms. The summed E-state index contributed by atoms with van der Waals surface area (Å²) in [5.41, 5.74) is 0.913. The number of hydrogen-bond acceptors (Lipinski definition) is 8. The molecule has 0 saturated carbocycles. The molecule has 10 nitrogen and oxygen atoms in total. The van der Waals surface area contributed by atoms with Crippen LogP contribution in [0.15, 0.2) is 103 Å². The molecule has 3 N–H and O–H groups in total. The molecule has 6 aromatic rings. The third-order valence-corrected chi connectivity index (χ3v) is 10.0. The smallest absolute Gasteiger partial charge is 0.340 e. The number of phenols is 2. The Bertz CT molecular complexity index is 2480. The van der Waals surface area contributed by atoms with Gasteiger partial charge < -0.3 is 29.9 Å². The zero-order chi connectivity index (χ0) is 37.2. The maximum atomic E-state index is 15.6. The van der Waals surface area contributed by atoms with Crippen molar-refractivity contribution in [3.05, 3.63) is 142 Å². The van der Waals surface area contributed by atoms with Crippen LogP contribution in [0.1, 0.15) is 68.2 Å². The van der Waals surface area contributed by atoms with Crippen LogP contribution in [-0.4, -0.2) is 51.0 Å². The summed E-state index contributed by atoms with van der Waals surface area (Å²) in [6.07, 6.45) is 0.749. The molecule has 1 atom stereocenters. The Kier molecular flexibility index (Phi) is 7.87. The number of carbonyl (C=O) groups excluding carboxylic acids is 3. The van der Waals surface area contributed by atoms with Crippen molar-refractivity contribution in [2.24, 2.45) is 0 Å². The number of nitrogens with zero attached hydrogens (tertiary/aromatic N) is 2. The highest BCUT2D eigenvalue weighted by molar-refractivity contribution is 6.08. The Balaban J connectivity index is 1.15. The number of rotatable bonds is 6. The molecule has 0 saturated heterocycles. The van der Waals surface area contributed by atoms with Crippen molar-refractivity contribution >= 4 is 34.2 Å². The van der Waals surface area contributed by atoms with Crippen molar-refractivity contribution < 1.29 is 38.5 Å². The van der Waals surface area contributed by atoms with Crippen molar-refractivity contribution in [1.82, 2.24) is 9.88 Å². The second kappa shape index (κ2) is 12.5. The van der Waals surface area contributed by atoms with Gasteiger partial charge >= 0.3 is 5.97 Å². The van der Waals surface area contributed by atoms with Gasteiger partial charge in [0.2, 0.25) is 0 Å². The average Bonchev–Trinajstić information content (AvgIpc) is 3.45. The highest BCUT2D eigenvalue weighted by atomic mass is 19.1. The zero-order valence-corrected chi connectivity index (χ0v) is 28.8. The van der Waals surface area contributed by atoms with Crippen LogP contribution in [0.4, 0.5) is 10.1 Å². The highest BCUT2D eigenvalue weighted by Crippen LogP contribution is 2.57. The fourth-order valence-electron chi connectivity index (χ4n) is 7.00. The molecule has 53 heavy (non-hydrogen) atoms. The van der Waals surface area contributed by atoms with Crippen LogP contribution in [-0.2, 0) is 10.3 Å². The number of anilines is 1. The van der Waals surface area contributed by atoms with Gasteiger partial charge in [0.05, 0.1) is 11.3 Å². The number of aromatic hydroxyl groups is 2. The van der Waals surface area contributed by atoms with E-state index in [9.17, 15) is 24.6 Å². The van der Waals surface area contributed by atoms with Gasteiger partial charge in [-0.2, -0.15) is 0 Å². The SMILES string of the molecule is CCC(C)N(C)C(=O)c1cc2ccccc2c(-c2cc(NC(=O)c3ccc4c(c3)C(=O)OC43c4ccc(O)cc4Oc4cc(O)ccc43)ccc2F)n1. The van der Waals surface area contributed by atoms with Crippen molar-refractivity contribution in [2.45, 2.75) is 31.9 Å². The van der Waals surface area contributed by atoms with E-state index in [4.69, 9.17) is 9.47 Å². The van der Waals surface area contributed by atoms with Crippen molar-refractivity contribution in [3.8, 4) is 34.3 Å². The molecular weight excluding hydrogens is 677 g/mol. The molecule has 0 bridgehead atoms. The van der Waals surface area contributed by atoms with E-state index < -0.39 is 23.3 Å². The van der Waals surface area contributed by atoms with Gasteiger partial charge in [-0.1, -0.05) is 37.3 Å². The van der Waals surface area contributed by atoms with E-state index in [1.165, 1.54) is 48.5 Å². The van der Waals surface area contributed by atoms with Crippen LogP contribution in [0.5, 0.6) is 23.0 Å². The van der Waals surface area contributed by atoms with E-state index in [2.05, 4.69) is 10.3 Å². The molecular formula is C42H32FN3O7. The topological polar surface area (TPSA) is 138 Å². The summed E-state index contributed by atoms with van der Waals surface area (Å²) in [6.45, 7) is 3.92. The lowest BCUT2D eigenvalue weighted by molar-refractivity contribution is 0.0224. The van der Waals surface area contributed by atoms with E-state index in [-0.39, 0.29) is 68.7 Å². The number of halogens is 1. The van der Waals surface area contributed by atoms with E-state index in [0.717, 1.165) is 6.42 Å². The summed E-state index contributed by atoms with van der Waals surface area (Å²) in [5.74, 6) is -1.81. The Morgan fingerprint density at radius 1 is 0.868 bits per heavy atom. The van der Waals surface area contributed by atoms with Crippen LogP contribution in [0.3, 0.4) is 0 Å². The standard InChI is InChI=1S/C42H32FN3O7/c1-4-22(2)46(3)40(50)35-18-23-7-5-6-8-28(23)38(45-35)30-19-25(10-16-34(30)43)44-39(49)24-9-13-31-29(17-24)41(51)53-42(31)32-14-11-26(47)20-36(32)52-37-21-27(48)12-15-33(37)42/h5-22,47-48H,4H2,1-3H3,(H,44,49). The fourth-order valence-corrected chi connectivity index (χ4v) is 7.00. The summed E-state index contributed by atoms with van der Waals surface area (Å²) in [4.78, 5) is 47.0. The van der Waals surface area contributed by atoms with E-state index in [1.807, 2.05) is 26.0 Å². The molecule has 1 spiro atoms. The van der Waals surface area contributed by atoms with Gasteiger partial charge in [0.1, 0.15) is 34.5 Å². The molecule has 3 heterocycles. The second-order valence-electron chi connectivity index (χ2n) is 13.2. The van der Waals surface area contributed by atoms with Crippen molar-refractivity contribution in [1.29, 1.82) is 0 Å². The van der Waals surface area contributed by atoms with Gasteiger partial charge in [-0.15, -0.1) is 0 Å². The number of ether oxygens (including phenoxy) is 2. The first kappa shape index (κ1) is 33.4. The van der Waals surface area contributed by atoms with E-state index >= 15 is 4.39 Å². The Hall–Kier alpha value is -6.75. The Morgan fingerprint density at radius 3 is 2.25 bits per heavy atom. The number of esters is 1. The largest absolute Gasteiger partial charge is 0.508 e. The lowest BCUT2D eigenvalue weighted by Crippen LogP contribution is -2.35. The quantitative estimate of drug-likeness (QED) is 0.147. The molecule has 2 aliphatic heterocycles. The van der Waals surface area contributed by atoms with Crippen molar-refractivity contribution in [2.75, 3.05) is 12.4 Å².